The second-order valence-corrected chi connectivity index (χ2v) is 11.5. The van der Waals surface area contributed by atoms with Gasteiger partial charge in [0.25, 0.3) is 0 Å². The Morgan fingerprint density at radius 2 is 1.19 bits per heavy atom. The Hall–Kier alpha value is -1.90. The molecule has 1 heterocycles. The summed E-state index contributed by atoms with van der Waals surface area (Å²) in [4.78, 5) is 9.15. The Bertz CT molecular complexity index is 809. The van der Waals surface area contributed by atoms with Gasteiger partial charge in [-0.2, -0.15) is 0 Å². The van der Waals surface area contributed by atoms with Crippen LogP contribution in [0.15, 0.2) is 36.7 Å². The number of rotatable bonds is 19. The van der Waals surface area contributed by atoms with Crippen LogP contribution in [0.3, 0.4) is 0 Å². The Labute approximate surface area is 228 Å². The van der Waals surface area contributed by atoms with E-state index in [0.717, 1.165) is 48.4 Å². The van der Waals surface area contributed by atoms with Crippen molar-refractivity contribution in [3.63, 3.8) is 0 Å². The quantitative estimate of drug-likeness (QED) is 0.178. The molecule has 0 N–H and O–H groups in total. The number of hydrogen-bond donors (Lipinski definition) is 0. The standard InChI is InChI=1S/C34H54N2O/c1-3-5-7-8-9-10-11-13-15-29-18-20-30(21-19-29)17-14-26-37-33-24-22-32(23-25-33)34-35-27-31(28-36-34)16-12-6-4-2/h22-25,27-30H,3-21,26H2,1-2H3/t29-,30-. The smallest absolute Gasteiger partial charge is 0.159 e. The molecule has 0 unspecified atom stereocenters. The first-order valence-electron chi connectivity index (χ1n) is 15.8. The average Bonchev–Trinajstić information content (AvgIpc) is 2.94. The van der Waals surface area contributed by atoms with Crippen LogP contribution in [0.1, 0.15) is 135 Å². The van der Waals surface area contributed by atoms with E-state index in [0.29, 0.717) is 0 Å². The van der Waals surface area contributed by atoms with E-state index in [1.807, 2.05) is 12.4 Å². The summed E-state index contributed by atoms with van der Waals surface area (Å²) in [7, 11) is 0. The first-order valence-corrected chi connectivity index (χ1v) is 15.8. The van der Waals surface area contributed by atoms with Gasteiger partial charge in [-0.1, -0.05) is 110 Å². The highest BCUT2D eigenvalue weighted by atomic mass is 16.5. The van der Waals surface area contributed by atoms with E-state index in [2.05, 4.69) is 48.1 Å². The van der Waals surface area contributed by atoms with E-state index in [1.54, 1.807) is 0 Å². The number of benzene rings is 1. The van der Waals surface area contributed by atoms with Crippen LogP contribution < -0.4 is 4.74 Å². The fourth-order valence-corrected chi connectivity index (χ4v) is 5.85. The van der Waals surface area contributed by atoms with E-state index in [1.165, 1.54) is 115 Å². The van der Waals surface area contributed by atoms with Crippen molar-refractivity contribution < 1.29 is 4.74 Å². The number of aryl methyl sites for hydroxylation is 1. The van der Waals surface area contributed by atoms with Gasteiger partial charge in [-0.15, -0.1) is 0 Å². The van der Waals surface area contributed by atoms with Crippen molar-refractivity contribution in [2.24, 2.45) is 11.8 Å². The third-order valence-electron chi connectivity index (χ3n) is 8.34. The van der Waals surface area contributed by atoms with Gasteiger partial charge < -0.3 is 4.74 Å². The third-order valence-corrected chi connectivity index (χ3v) is 8.34. The summed E-state index contributed by atoms with van der Waals surface area (Å²) >= 11 is 0. The van der Waals surface area contributed by atoms with E-state index >= 15 is 0 Å². The van der Waals surface area contributed by atoms with E-state index < -0.39 is 0 Å². The molecule has 2 aromatic rings. The van der Waals surface area contributed by atoms with Crippen molar-refractivity contribution in [3.8, 4) is 17.1 Å². The lowest BCUT2D eigenvalue weighted by Gasteiger charge is -2.28. The van der Waals surface area contributed by atoms with Crippen LogP contribution >= 0.6 is 0 Å². The molecular weight excluding hydrogens is 452 g/mol. The Morgan fingerprint density at radius 3 is 1.81 bits per heavy atom. The minimum absolute atomic E-state index is 0.795. The van der Waals surface area contributed by atoms with Crippen LogP contribution in [-0.2, 0) is 6.42 Å². The summed E-state index contributed by atoms with van der Waals surface area (Å²) < 4.78 is 6.05. The molecule has 1 aliphatic rings. The second-order valence-electron chi connectivity index (χ2n) is 11.5. The second kappa shape index (κ2) is 18.4. The highest BCUT2D eigenvalue weighted by Gasteiger charge is 2.20. The van der Waals surface area contributed by atoms with Gasteiger partial charge in [-0.25, -0.2) is 9.97 Å². The maximum absolute atomic E-state index is 6.05. The van der Waals surface area contributed by atoms with Crippen LogP contribution in [0.2, 0.25) is 0 Å². The molecule has 3 rings (SSSR count). The average molecular weight is 507 g/mol. The van der Waals surface area contributed by atoms with Crippen LogP contribution in [0, 0.1) is 11.8 Å². The van der Waals surface area contributed by atoms with Crippen molar-refractivity contribution in [2.45, 2.75) is 136 Å². The molecule has 0 atom stereocenters. The lowest BCUT2D eigenvalue weighted by Crippen LogP contribution is -2.15. The van der Waals surface area contributed by atoms with E-state index in [4.69, 9.17) is 4.74 Å². The highest BCUT2D eigenvalue weighted by Crippen LogP contribution is 2.34. The molecule has 0 radical (unpaired) electrons. The van der Waals surface area contributed by atoms with Gasteiger partial charge in [0.05, 0.1) is 6.61 Å². The molecule has 0 saturated heterocycles. The third kappa shape index (κ3) is 12.0. The fourth-order valence-electron chi connectivity index (χ4n) is 5.85. The van der Waals surface area contributed by atoms with Gasteiger partial charge in [-0.05, 0) is 67.3 Å². The van der Waals surface area contributed by atoms with Crippen molar-refractivity contribution in [3.05, 3.63) is 42.2 Å². The van der Waals surface area contributed by atoms with Crippen molar-refractivity contribution in [1.82, 2.24) is 9.97 Å². The van der Waals surface area contributed by atoms with Crippen molar-refractivity contribution >= 4 is 0 Å². The first kappa shape index (κ1) is 29.7. The maximum atomic E-state index is 6.05. The van der Waals surface area contributed by atoms with Gasteiger partial charge in [0.15, 0.2) is 5.82 Å². The number of nitrogens with zero attached hydrogens (tertiary/aromatic N) is 2. The largest absolute Gasteiger partial charge is 0.494 e. The number of aromatic nitrogens is 2. The Balaban J connectivity index is 1.22. The number of unbranched alkanes of at least 4 members (excludes halogenated alkanes) is 9. The first-order chi connectivity index (χ1) is 18.3. The fraction of sp³-hybridized carbons (Fsp3) is 0.706. The highest BCUT2D eigenvalue weighted by molar-refractivity contribution is 5.55. The molecule has 0 spiro atoms. The molecule has 1 saturated carbocycles. The zero-order valence-electron chi connectivity index (χ0n) is 24.1. The molecule has 1 aliphatic carbocycles. The van der Waals surface area contributed by atoms with E-state index in [-0.39, 0.29) is 0 Å². The molecular formula is C34H54N2O. The van der Waals surface area contributed by atoms with Gasteiger partial charge in [0.2, 0.25) is 0 Å². The zero-order chi connectivity index (χ0) is 26.0. The van der Waals surface area contributed by atoms with Gasteiger partial charge in [-0.3, -0.25) is 0 Å². The molecule has 206 valence electrons. The maximum Gasteiger partial charge on any atom is 0.159 e. The molecule has 1 aromatic heterocycles. The van der Waals surface area contributed by atoms with Gasteiger partial charge >= 0.3 is 0 Å². The lowest BCUT2D eigenvalue weighted by atomic mass is 9.78. The summed E-state index contributed by atoms with van der Waals surface area (Å²) in [5, 5.41) is 0. The van der Waals surface area contributed by atoms with Gasteiger partial charge in [0.1, 0.15) is 5.75 Å². The monoisotopic (exact) mass is 506 g/mol. The minimum Gasteiger partial charge on any atom is -0.494 e. The summed E-state index contributed by atoms with van der Waals surface area (Å²) in [6.07, 6.45) is 30.0. The van der Waals surface area contributed by atoms with Crippen LogP contribution in [0.4, 0.5) is 0 Å². The van der Waals surface area contributed by atoms with E-state index in [9.17, 15) is 0 Å². The summed E-state index contributed by atoms with van der Waals surface area (Å²) in [5.41, 5.74) is 2.28. The molecule has 0 aliphatic heterocycles. The summed E-state index contributed by atoms with van der Waals surface area (Å²) in [6.45, 7) is 5.35. The minimum atomic E-state index is 0.795. The Morgan fingerprint density at radius 1 is 0.649 bits per heavy atom. The van der Waals surface area contributed by atoms with Crippen LogP contribution in [-0.4, -0.2) is 16.6 Å². The van der Waals surface area contributed by atoms with Crippen molar-refractivity contribution in [2.75, 3.05) is 6.61 Å². The zero-order valence-corrected chi connectivity index (χ0v) is 24.1. The summed E-state index contributed by atoms with van der Waals surface area (Å²) in [6, 6.07) is 8.28. The Kier molecular flexibility index (Phi) is 14.7. The molecule has 0 amide bonds. The predicted octanol–water partition coefficient (Wildman–Crippen LogP) is 10.4. The molecule has 3 nitrogen and oxygen atoms in total. The molecule has 3 heteroatoms. The lowest BCUT2D eigenvalue weighted by molar-refractivity contribution is 0.228. The van der Waals surface area contributed by atoms with Crippen molar-refractivity contribution in [1.29, 1.82) is 0 Å². The normalized spacial score (nSPS) is 17.7. The van der Waals surface area contributed by atoms with Crippen LogP contribution in [0.25, 0.3) is 11.4 Å². The SMILES string of the molecule is CCCCCCCCCC[C@H]1CC[C@H](CCCOc2ccc(-c3ncc(CCCCC)cn3)cc2)CC1. The number of hydrogen-bond acceptors (Lipinski definition) is 3. The molecule has 1 fully saturated rings. The van der Waals surface area contributed by atoms with Crippen LogP contribution in [0.5, 0.6) is 5.75 Å². The topological polar surface area (TPSA) is 35.0 Å². The number of ether oxygens (including phenoxy) is 1. The summed E-state index contributed by atoms with van der Waals surface area (Å²) in [5.74, 6) is 3.67. The molecule has 0 bridgehead atoms. The molecule has 1 aromatic carbocycles. The molecule has 37 heavy (non-hydrogen) atoms. The van der Waals surface area contributed by atoms with Gasteiger partial charge in [0, 0.05) is 18.0 Å². The predicted molar refractivity (Wildman–Crippen MR) is 158 cm³/mol.